The molecule has 0 aliphatic carbocycles. The molecule has 1 aromatic carbocycles. The first kappa shape index (κ1) is 11.9. The van der Waals surface area contributed by atoms with E-state index in [1.807, 2.05) is 0 Å². The summed E-state index contributed by atoms with van der Waals surface area (Å²) in [6, 6.07) is 1.38. The summed E-state index contributed by atoms with van der Waals surface area (Å²) in [5, 5.41) is 18.4. The van der Waals surface area contributed by atoms with E-state index in [2.05, 4.69) is 0 Å². The maximum Gasteiger partial charge on any atom is 0.303 e. The molecule has 2 N–H and O–H groups in total. The van der Waals surface area contributed by atoms with Gasteiger partial charge in [-0.2, -0.15) is 0 Å². The molecule has 0 atom stereocenters. The zero-order chi connectivity index (χ0) is 12.4. The van der Waals surface area contributed by atoms with Gasteiger partial charge in [0.2, 0.25) is 0 Å². The minimum Gasteiger partial charge on any atom is -0.506 e. The van der Waals surface area contributed by atoms with Gasteiger partial charge in [0.1, 0.15) is 19.0 Å². The second kappa shape index (κ2) is 4.71. The van der Waals surface area contributed by atoms with Gasteiger partial charge >= 0.3 is 5.97 Å². The number of hydrogen-bond acceptors (Lipinski definition) is 4. The average molecular weight is 259 g/mol. The third-order valence-corrected chi connectivity index (χ3v) is 2.85. The van der Waals surface area contributed by atoms with Crippen LogP contribution in [0.2, 0.25) is 5.02 Å². The van der Waals surface area contributed by atoms with Crippen LogP contribution in [-0.2, 0) is 11.2 Å². The largest absolute Gasteiger partial charge is 0.506 e. The quantitative estimate of drug-likeness (QED) is 0.865. The number of fused-ring (bicyclic) bond motifs is 1. The van der Waals surface area contributed by atoms with Gasteiger partial charge in [-0.15, -0.1) is 0 Å². The lowest BCUT2D eigenvalue weighted by atomic mass is 10.1. The molecule has 0 unspecified atom stereocenters. The molecule has 17 heavy (non-hydrogen) atoms. The number of carboxylic acid groups (broad SMARTS) is 1. The van der Waals surface area contributed by atoms with Crippen molar-refractivity contribution in [1.29, 1.82) is 0 Å². The van der Waals surface area contributed by atoms with Gasteiger partial charge < -0.3 is 19.7 Å². The van der Waals surface area contributed by atoms with Gasteiger partial charge in [0.05, 0.1) is 5.02 Å². The van der Waals surface area contributed by atoms with Crippen molar-refractivity contribution < 1.29 is 24.5 Å². The fourth-order valence-corrected chi connectivity index (χ4v) is 1.91. The highest BCUT2D eigenvalue weighted by molar-refractivity contribution is 6.33. The van der Waals surface area contributed by atoms with E-state index in [9.17, 15) is 9.90 Å². The summed E-state index contributed by atoms with van der Waals surface area (Å²) in [6.45, 7) is 0.778. The third kappa shape index (κ3) is 2.39. The first-order valence-electron chi connectivity index (χ1n) is 5.11. The Balaban J connectivity index is 2.39. The van der Waals surface area contributed by atoms with Gasteiger partial charge in [0, 0.05) is 18.1 Å². The molecule has 0 saturated carbocycles. The second-order valence-electron chi connectivity index (χ2n) is 3.61. The predicted octanol–water partition coefficient (Wildman–Crippen LogP) is 1.83. The number of aliphatic carboxylic acids is 1. The van der Waals surface area contributed by atoms with Crippen LogP contribution in [0.4, 0.5) is 0 Å². The van der Waals surface area contributed by atoms with Crippen molar-refractivity contribution in [2.75, 3.05) is 13.2 Å². The zero-order valence-electron chi connectivity index (χ0n) is 8.90. The molecule has 2 rings (SSSR count). The Bertz CT molecular complexity index is 458. The molecule has 0 radical (unpaired) electrons. The van der Waals surface area contributed by atoms with Gasteiger partial charge in [0.15, 0.2) is 11.5 Å². The van der Waals surface area contributed by atoms with Crippen molar-refractivity contribution in [2.24, 2.45) is 0 Å². The molecule has 0 saturated heterocycles. The van der Waals surface area contributed by atoms with Crippen LogP contribution in [0, 0.1) is 0 Å². The number of halogens is 1. The number of benzene rings is 1. The number of phenolic OH excluding ortho intramolecular Hbond substituents is 1. The maximum atomic E-state index is 10.6. The number of carbonyl (C=O) groups is 1. The molecule has 1 aliphatic rings. The van der Waals surface area contributed by atoms with Crippen LogP contribution in [0.3, 0.4) is 0 Å². The molecule has 5 nitrogen and oxygen atoms in total. The average Bonchev–Trinajstić information content (AvgIpc) is 2.29. The summed E-state index contributed by atoms with van der Waals surface area (Å²) in [5.41, 5.74) is 0.476. The van der Waals surface area contributed by atoms with Crippen LogP contribution in [0.25, 0.3) is 0 Å². The fourth-order valence-electron chi connectivity index (χ4n) is 1.67. The second-order valence-corrected chi connectivity index (χ2v) is 3.98. The molecule has 0 amide bonds. The van der Waals surface area contributed by atoms with E-state index in [-0.39, 0.29) is 23.6 Å². The molecular formula is C11H11ClO5. The lowest BCUT2D eigenvalue weighted by Gasteiger charge is -2.22. The van der Waals surface area contributed by atoms with Gasteiger partial charge in [-0.1, -0.05) is 11.6 Å². The number of rotatable bonds is 3. The van der Waals surface area contributed by atoms with E-state index in [0.717, 1.165) is 0 Å². The SMILES string of the molecule is O=C(O)CCc1c(Cl)c(O)cc2c1OCCO2. The molecule has 1 heterocycles. The van der Waals surface area contributed by atoms with Gasteiger partial charge in [-0.25, -0.2) is 0 Å². The van der Waals surface area contributed by atoms with E-state index in [1.165, 1.54) is 6.07 Å². The Morgan fingerprint density at radius 3 is 2.82 bits per heavy atom. The number of phenols is 1. The lowest BCUT2D eigenvalue weighted by Crippen LogP contribution is -2.17. The summed E-state index contributed by atoms with van der Waals surface area (Å²) in [7, 11) is 0. The van der Waals surface area contributed by atoms with Gasteiger partial charge in [-0.3, -0.25) is 4.79 Å². The summed E-state index contributed by atoms with van der Waals surface area (Å²) in [4.78, 5) is 10.6. The highest BCUT2D eigenvalue weighted by Gasteiger charge is 2.22. The van der Waals surface area contributed by atoms with Crippen LogP contribution < -0.4 is 9.47 Å². The number of carboxylic acids is 1. The van der Waals surface area contributed by atoms with Gasteiger partial charge in [-0.05, 0) is 6.42 Å². The molecule has 1 aromatic rings. The Kier molecular flexibility index (Phi) is 3.28. The molecule has 1 aliphatic heterocycles. The van der Waals surface area contributed by atoms with Crippen molar-refractivity contribution >= 4 is 17.6 Å². The highest BCUT2D eigenvalue weighted by Crippen LogP contribution is 2.43. The minimum absolute atomic E-state index is 0.0844. The molecule has 0 bridgehead atoms. The van der Waals surface area contributed by atoms with E-state index < -0.39 is 5.97 Å². The predicted molar refractivity (Wildman–Crippen MR) is 60.1 cm³/mol. The molecule has 0 aromatic heterocycles. The molecule has 0 fully saturated rings. The molecule has 6 heteroatoms. The van der Waals surface area contributed by atoms with Crippen LogP contribution in [0.1, 0.15) is 12.0 Å². The fraction of sp³-hybridized carbons (Fsp3) is 0.364. The van der Waals surface area contributed by atoms with Crippen molar-refractivity contribution in [3.63, 3.8) is 0 Å². The summed E-state index contributed by atoms with van der Waals surface area (Å²) >= 11 is 5.94. The number of ether oxygens (including phenoxy) is 2. The third-order valence-electron chi connectivity index (χ3n) is 2.43. The minimum atomic E-state index is -0.935. The van der Waals surface area contributed by atoms with Gasteiger partial charge in [0.25, 0.3) is 0 Å². The summed E-state index contributed by atoms with van der Waals surface area (Å²) < 4.78 is 10.7. The number of hydrogen-bond donors (Lipinski definition) is 2. The van der Waals surface area contributed by atoms with Crippen molar-refractivity contribution in [2.45, 2.75) is 12.8 Å². The smallest absolute Gasteiger partial charge is 0.303 e. The zero-order valence-corrected chi connectivity index (χ0v) is 9.66. The maximum absolute atomic E-state index is 10.6. The normalized spacial score (nSPS) is 13.5. The first-order valence-corrected chi connectivity index (χ1v) is 5.49. The standard InChI is InChI=1S/C11H11ClO5/c12-10-6(1-2-9(14)15)11-8(5-7(10)13)16-3-4-17-11/h5,13H,1-4H2,(H,14,15). The number of aromatic hydroxyl groups is 1. The van der Waals surface area contributed by atoms with Crippen LogP contribution in [-0.4, -0.2) is 29.4 Å². The Labute approximate surface area is 103 Å². The van der Waals surface area contributed by atoms with Crippen LogP contribution >= 0.6 is 11.6 Å². The van der Waals surface area contributed by atoms with Crippen molar-refractivity contribution in [1.82, 2.24) is 0 Å². The van der Waals surface area contributed by atoms with Crippen molar-refractivity contribution in [3.05, 3.63) is 16.7 Å². The first-order chi connectivity index (χ1) is 8.09. The van der Waals surface area contributed by atoms with E-state index >= 15 is 0 Å². The Morgan fingerprint density at radius 2 is 2.12 bits per heavy atom. The Hall–Kier alpha value is -1.62. The molecule has 92 valence electrons. The lowest BCUT2D eigenvalue weighted by molar-refractivity contribution is -0.136. The summed E-state index contributed by atoms with van der Waals surface area (Å²) in [6.07, 6.45) is 0.104. The molecular weight excluding hydrogens is 248 g/mol. The van der Waals surface area contributed by atoms with Crippen LogP contribution in [0.5, 0.6) is 17.2 Å². The molecule has 0 spiro atoms. The highest BCUT2D eigenvalue weighted by atomic mass is 35.5. The Morgan fingerprint density at radius 1 is 1.41 bits per heavy atom. The topological polar surface area (TPSA) is 76.0 Å². The summed E-state index contributed by atoms with van der Waals surface area (Å²) in [5.74, 6) is -0.231. The van der Waals surface area contributed by atoms with E-state index in [1.54, 1.807) is 0 Å². The van der Waals surface area contributed by atoms with Crippen molar-refractivity contribution in [3.8, 4) is 17.2 Å². The van der Waals surface area contributed by atoms with E-state index in [0.29, 0.717) is 30.3 Å². The monoisotopic (exact) mass is 258 g/mol. The van der Waals surface area contributed by atoms with Crippen LogP contribution in [0.15, 0.2) is 6.07 Å². The van der Waals surface area contributed by atoms with E-state index in [4.69, 9.17) is 26.2 Å².